The van der Waals surface area contributed by atoms with Crippen molar-refractivity contribution in [2.45, 2.75) is 9.92 Å². The number of hydrogen-bond donors (Lipinski definition) is 1. The molecule has 1 aromatic heterocycles. The standard InChI is InChI=1S/C14H14N2O3S/c1-18-11-5-3-4-6-12(11)20-13-10(14(17)19-2)7-9(15)8-16-13/h3-8H,15H2,1-2H3. The second-order valence-electron chi connectivity index (χ2n) is 3.87. The van der Waals surface area contributed by atoms with Crippen LogP contribution in [0.25, 0.3) is 0 Å². The maximum atomic E-state index is 11.8. The molecular weight excluding hydrogens is 276 g/mol. The zero-order chi connectivity index (χ0) is 14.5. The van der Waals surface area contributed by atoms with E-state index in [1.54, 1.807) is 13.2 Å². The molecule has 0 aliphatic carbocycles. The predicted molar refractivity (Wildman–Crippen MR) is 77.1 cm³/mol. The van der Waals surface area contributed by atoms with Crippen molar-refractivity contribution in [3.63, 3.8) is 0 Å². The number of rotatable bonds is 4. The number of para-hydroxylation sites is 1. The van der Waals surface area contributed by atoms with Crippen LogP contribution in [0.4, 0.5) is 5.69 Å². The molecule has 0 atom stereocenters. The third-order valence-corrected chi connectivity index (χ3v) is 3.63. The topological polar surface area (TPSA) is 74.4 Å². The van der Waals surface area contributed by atoms with Gasteiger partial charge in [-0.25, -0.2) is 9.78 Å². The van der Waals surface area contributed by atoms with E-state index in [1.807, 2.05) is 24.3 Å². The van der Waals surface area contributed by atoms with Crippen LogP contribution in [0.1, 0.15) is 10.4 Å². The molecule has 0 radical (unpaired) electrons. The summed E-state index contributed by atoms with van der Waals surface area (Å²) < 4.78 is 10.0. The molecule has 0 fully saturated rings. The van der Waals surface area contributed by atoms with Crippen LogP contribution in [0.5, 0.6) is 5.75 Å². The van der Waals surface area contributed by atoms with Gasteiger partial charge < -0.3 is 15.2 Å². The number of nitrogens with zero attached hydrogens (tertiary/aromatic N) is 1. The summed E-state index contributed by atoms with van der Waals surface area (Å²) in [7, 11) is 2.92. The molecule has 0 spiro atoms. The summed E-state index contributed by atoms with van der Waals surface area (Å²) in [6.07, 6.45) is 1.50. The van der Waals surface area contributed by atoms with Gasteiger partial charge in [-0.15, -0.1) is 0 Å². The Kier molecular flexibility index (Phi) is 4.47. The van der Waals surface area contributed by atoms with Gasteiger partial charge >= 0.3 is 5.97 Å². The molecule has 2 N–H and O–H groups in total. The third kappa shape index (κ3) is 3.03. The summed E-state index contributed by atoms with van der Waals surface area (Å²) in [6.45, 7) is 0. The lowest BCUT2D eigenvalue weighted by Crippen LogP contribution is -2.05. The number of anilines is 1. The largest absolute Gasteiger partial charge is 0.496 e. The number of methoxy groups -OCH3 is 2. The van der Waals surface area contributed by atoms with Crippen LogP contribution in [0.15, 0.2) is 46.5 Å². The molecule has 0 aliphatic rings. The van der Waals surface area contributed by atoms with Crippen LogP contribution in [0.2, 0.25) is 0 Å². The number of carbonyl (C=O) groups excluding carboxylic acids is 1. The monoisotopic (exact) mass is 290 g/mol. The van der Waals surface area contributed by atoms with Crippen molar-refractivity contribution in [1.29, 1.82) is 0 Å². The Morgan fingerprint density at radius 2 is 2.05 bits per heavy atom. The Morgan fingerprint density at radius 3 is 2.75 bits per heavy atom. The van der Waals surface area contributed by atoms with Gasteiger partial charge in [-0.1, -0.05) is 23.9 Å². The van der Waals surface area contributed by atoms with Crippen molar-refractivity contribution in [2.24, 2.45) is 0 Å². The van der Waals surface area contributed by atoms with Gasteiger partial charge in [0.15, 0.2) is 0 Å². The van der Waals surface area contributed by atoms with Crippen molar-refractivity contribution in [2.75, 3.05) is 20.0 Å². The predicted octanol–water partition coefficient (Wildman–Crippen LogP) is 2.61. The molecule has 20 heavy (non-hydrogen) atoms. The van der Waals surface area contributed by atoms with E-state index in [0.717, 1.165) is 4.90 Å². The number of nitrogen functional groups attached to an aromatic ring is 1. The first-order chi connectivity index (χ1) is 9.65. The number of esters is 1. The van der Waals surface area contributed by atoms with Gasteiger partial charge in [0.25, 0.3) is 0 Å². The quantitative estimate of drug-likeness (QED) is 0.872. The first kappa shape index (κ1) is 14.2. The Bertz CT molecular complexity index is 632. The van der Waals surface area contributed by atoms with Crippen LogP contribution in [0.3, 0.4) is 0 Å². The van der Waals surface area contributed by atoms with Gasteiger partial charge in [0, 0.05) is 0 Å². The first-order valence-electron chi connectivity index (χ1n) is 5.80. The number of hydrogen-bond acceptors (Lipinski definition) is 6. The number of ether oxygens (including phenoxy) is 2. The fraction of sp³-hybridized carbons (Fsp3) is 0.143. The Morgan fingerprint density at radius 1 is 1.30 bits per heavy atom. The number of pyridine rings is 1. The van der Waals surface area contributed by atoms with E-state index in [1.165, 1.54) is 25.1 Å². The van der Waals surface area contributed by atoms with Gasteiger partial charge in [0.05, 0.1) is 36.6 Å². The van der Waals surface area contributed by atoms with Crippen molar-refractivity contribution in [1.82, 2.24) is 4.98 Å². The normalized spacial score (nSPS) is 10.1. The minimum atomic E-state index is -0.470. The van der Waals surface area contributed by atoms with Crippen LogP contribution >= 0.6 is 11.8 Å². The molecule has 0 amide bonds. The van der Waals surface area contributed by atoms with Crippen molar-refractivity contribution in [3.05, 3.63) is 42.1 Å². The van der Waals surface area contributed by atoms with E-state index < -0.39 is 5.97 Å². The van der Waals surface area contributed by atoms with Gasteiger partial charge in [-0.3, -0.25) is 0 Å². The lowest BCUT2D eigenvalue weighted by atomic mass is 10.3. The Labute approximate surface area is 121 Å². The second kappa shape index (κ2) is 6.29. The molecule has 1 heterocycles. The van der Waals surface area contributed by atoms with E-state index in [0.29, 0.717) is 22.0 Å². The zero-order valence-corrected chi connectivity index (χ0v) is 11.9. The fourth-order valence-electron chi connectivity index (χ4n) is 1.61. The van der Waals surface area contributed by atoms with Crippen LogP contribution in [0, 0.1) is 0 Å². The molecule has 2 rings (SSSR count). The van der Waals surface area contributed by atoms with Crippen LogP contribution < -0.4 is 10.5 Å². The van der Waals surface area contributed by atoms with Crippen molar-refractivity contribution in [3.8, 4) is 5.75 Å². The van der Waals surface area contributed by atoms with Crippen LogP contribution in [-0.4, -0.2) is 25.2 Å². The Balaban J connectivity index is 2.40. The molecule has 104 valence electrons. The van der Waals surface area contributed by atoms with E-state index in [4.69, 9.17) is 15.2 Å². The number of aromatic nitrogens is 1. The molecule has 2 aromatic rings. The summed E-state index contributed by atoms with van der Waals surface area (Å²) in [5.74, 6) is 0.245. The molecule has 0 unspecified atom stereocenters. The molecule has 0 aliphatic heterocycles. The highest BCUT2D eigenvalue weighted by Crippen LogP contribution is 2.35. The average molecular weight is 290 g/mol. The van der Waals surface area contributed by atoms with E-state index in [-0.39, 0.29) is 0 Å². The maximum Gasteiger partial charge on any atom is 0.340 e. The van der Waals surface area contributed by atoms with Crippen molar-refractivity contribution >= 4 is 23.4 Å². The third-order valence-electron chi connectivity index (χ3n) is 2.55. The number of benzene rings is 1. The van der Waals surface area contributed by atoms with E-state index in [9.17, 15) is 4.79 Å². The summed E-state index contributed by atoms with van der Waals surface area (Å²) in [4.78, 5) is 16.8. The highest BCUT2D eigenvalue weighted by Gasteiger charge is 2.16. The molecule has 0 saturated heterocycles. The average Bonchev–Trinajstić information content (AvgIpc) is 2.48. The fourth-order valence-corrected chi connectivity index (χ4v) is 2.58. The molecular formula is C14H14N2O3S. The molecule has 1 aromatic carbocycles. The SMILES string of the molecule is COC(=O)c1cc(N)cnc1Sc1ccccc1OC. The Hall–Kier alpha value is -2.21. The minimum Gasteiger partial charge on any atom is -0.496 e. The van der Waals surface area contributed by atoms with Gasteiger partial charge in [-0.05, 0) is 18.2 Å². The van der Waals surface area contributed by atoms with E-state index in [2.05, 4.69) is 4.98 Å². The maximum absolute atomic E-state index is 11.8. The minimum absolute atomic E-state index is 0.336. The molecule has 0 saturated carbocycles. The zero-order valence-electron chi connectivity index (χ0n) is 11.1. The summed E-state index contributed by atoms with van der Waals surface area (Å²) in [5, 5.41) is 0.524. The molecule has 5 nitrogen and oxygen atoms in total. The lowest BCUT2D eigenvalue weighted by Gasteiger charge is -2.10. The van der Waals surface area contributed by atoms with Gasteiger partial charge in [0.2, 0.25) is 0 Å². The summed E-state index contributed by atoms with van der Waals surface area (Å²) in [5.41, 5.74) is 6.41. The highest BCUT2D eigenvalue weighted by molar-refractivity contribution is 7.99. The first-order valence-corrected chi connectivity index (χ1v) is 6.62. The highest BCUT2D eigenvalue weighted by atomic mass is 32.2. The second-order valence-corrected chi connectivity index (χ2v) is 4.90. The molecule has 6 heteroatoms. The van der Waals surface area contributed by atoms with Crippen molar-refractivity contribution < 1.29 is 14.3 Å². The van der Waals surface area contributed by atoms with Gasteiger partial charge in [0.1, 0.15) is 10.8 Å². The van der Waals surface area contributed by atoms with E-state index >= 15 is 0 Å². The number of nitrogens with two attached hydrogens (primary N) is 1. The van der Waals surface area contributed by atoms with Crippen LogP contribution in [-0.2, 0) is 4.74 Å². The summed E-state index contributed by atoms with van der Waals surface area (Å²) >= 11 is 1.33. The molecule has 0 bridgehead atoms. The van der Waals surface area contributed by atoms with Gasteiger partial charge in [-0.2, -0.15) is 0 Å². The lowest BCUT2D eigenvalue weighted by molar-refractivity contribution is 0.0596. The number of carbonyl (C=O) groups is 1. The summed E-state index contributed by atoms with van der Waals surface area (Å²) in [6, 6.07) is 9.05. The smallest absolute Gasteiger partial charge is 0.340 e.